The molecular weight excluding hydrogens is 772 g/mol. The van der Waals surface area contributed by atoms with Gasteiger partial charge in [-0.3, -0.25) is 34.1 Å². The monoisotopic (exact) mass is 827 g/mol. The number of hydrogen-bond acceptors (Lipinski definition) is 10. The molecule has 5 amide bonds. The number of benzene rings is 2. The van der Waals surface area contributed by atoms with E-state index in [9.17, 15) is 37.1 Å². The fourth-order valence-electron chi connectivity index (χ4n) is 6.06. The Morgan fingerprint density at radius 2 is 1.49 bits per heavy atom. The molecule has 59 heavy (non-hydrogen) atoms. The third kappa shape index (κ3) is 16.8. The second-order valence-corrected chi connectivity index (χ2v) is 14.4. The van der Waals surface area contributed by atoms with Crippen LogP contribution >= 0.6 is 0 Å². The summed E-state index contributed by atoms with van der Waals surface area (Å²) in [6.07, 6.45) is 9.07. The summed E-state index contributed by atoms with van der Waals surface area (Å²) < 4.78 is 40.1. The van der Waals surface area contributed by atoms with Crippen LogP contribution in [0.1, 0.15) is 93.7 Å². The number of hydroxylamine groups is 1. The van der Waals surface area contributed by atoms with Crippen LogP contribution in [0.4, 0.5) is 18.9 Å². The van der Waals surface area contributed by atoms with Crippen LogP contribution in [0.15, 0.2) is 53.6 Å². The average Bonchev–Trinajstić information content (AvgIpc) is 4.03. The van der Waals surface area contributed by atoms with Crippen LogP contribution in [0, 0.1) is 12.3 Å². The van der Waals surface area contributed by atoms with E-state index < -0.39 is 29.6 Å². The zero-order chi connectivity index (χ0) is 43.3. The van der Waals surface area contributed by atoms with Gasteiger partial charge in [0.15, 0.2) is 0 Å². The topological polar surface area (TPSA) is 216 Å². The Morgan fingerprint density at radius 3 is 2.08 bits per heavy atom. The smallest absolute Gasteiger partial charge is 0.354 e. The highest BCUT2D eigenvalue weighted by Crippen LogP contribution is 2.42. The molecule has 15 nitrogen and oxygen atoms in total. The van der Waals surface area contributed by atoms with E-state index in [2.05, 4.69) is 37.8 Å². The molecule has 0 aliphatic carbocycles. The lowest BCUT2D eigenvalue weighted by atomic mass is 10.0. The summed E-state index contributed by atoms with van der Waals surface area (Å²) in [4.78, 5) is 63.7. The number of nitrogens with one attached hydrogen (secondary N) is 6. The van der Waals surface area contributed by atoms with Crippen LogP contribution in [0.2, 0.25) is 0 Å². The lowest BCUT2D eigenvalue weighted by Gasteiger charge is -2.23. The SMILES string of the molecule is C#CCCC(=O)N(CC(=O)NCCCCC[C@H](C(=O)NCCc1ccc(NC(=O)CCCCCCC(=O)NO)cc1)N(C)C)/N=C/c1ccc(C2(C(F)(F)F)NN2)cc1. The lowest BCUT2D eigenvalue weighted by molar-refractivity contribution is -0.165. The Balaban J connectivity index is 1.34. The molecule has 0 radical (unpaired) electrons. The van der Waals surface area contributed by atoms with Crippen LogP contribution in [-0.4, -0.2) is 96.8 Å². The number of carbonyl (C=O) groups excluding carboxylic acids is 5. The maximum atomic E-state index is 13.4. The second-order valence-electron chi connectivity index (χ2n) is 14.4. The van der Waals surface area contributed by atoms with E-state index >= 15 is 0 Å². The number of hydrogen-bond donors (Lipinski definition) is 7. The van der Waals surface area contributed by atoms with Gasteiger partial charge in [-0.2, -0.15) is 18.3 Å². The molecule has 0 saturated carbocycles. The molecule has 0 unspecified atom stereocenters. The Kier molecular flexibility index (Phi) is 20.0. The average molecular weight is 828 g/mol. The number of anilines is 1. The van der Waals surface area contributed by atoms with Crippen molar-refractivity contribution >= 4 is 41.4 Å². The van der Waals surface area contributed by atoms with Crippen molar-refractivity contribution in [3.05, 3.63) is 65.2 Å². The summed E-state index contributed by atoms with van der Waals surface area (Å²) in [5.74, 6) is 0.865. The van der Waals surface area contributed by atoms with E-state index in [0.717, 1.165) is 36.3 Å². The summed E-state index contributed by atoms with van der Waals surface area (Å²) in [7, 11) is 3.69. The van der Waals surface area contributed by atoms with Crippen molar-refractivity contribution < 1.29 is 42.4 Å². The van der Waals surface area contributed by atoms with Crippen LogP contribution in [0.3, 0.4) is 0 Å². The standard InChI is InChI=1S/C41H56F3N9O6/c1-4-5-16-38(57)53(47-28-31-17-21-32(22-18-31)40(50-51-40)41(42,43)44)29-37(56)45-26-12-8-9-13-34(52(2)3)39(58)46-27-25-30-19-23-33(24-20-30)48-35(54)14-10-6-7-11-15-36(55)49-59/h1,17-24,28,34,50-51,59H,5-16,25-27,29H2,2-3H3,(H,45,56)(H,46,58)(H,48,54)(H,49,55)/b47-28+/t34-/m1/s1. The van der Waals surface area contributed by atoms with Crippen LogP contribution in [0.5, 0.6) is 0 Å². The third-order valence-corrected chi connectivity index (χ3v) is 9.59. The molecule has 1 fully saturated rings. The predicted octanol–water partition coefficient (Wildman–Crippen LogP) is 3.84. The van der Waals surface area contributed by atoms with Crippen LogP contribution in [-0.2, 0) is 36.1 Å². The largest absolute Gasteiger partial charge is 0.426 e. The van der Waals surface area contributed by atoms with E-state index in [1.54, 1.807) is 5.48 Å². The number of nitrogens with zero attached hydrogens (tertiary/aromatic N) is 3. The first kappa shape index (κ1) is 48.0. The quantitative estimate of drug-likeness (QED) is 0.0183. The zero-order valence-electron chi connectivity index (χ0n) is 33.6. The number of alkyl halides is 3. The first-order valence-corrected chi connectivity index (χ1v) is 19.7. The van der Waals surface area contributed by atoms with Gasteiger partial charge in [0.25, 0.3) is 0 Å². The van der Waals surface area contributed by atoms with Gasteiger partial charge in [-0.1, -0.05) is 62.1 Å². The molecule has 2 aromatic carbocycles. The first-order chi connectivity index (χ1) is 28.2. The highest BCUT2D eigenvalue weighted by molar-refractivity contribution is 5.90. The zero-order valence-corrected chi connectivity index (χ0v) is 33.6. The molecule has 1 atom stereocenters. The summed E-state index contributed by atoms with van der Waals surface area (Å²) in [6, 6.07) is 12.6. The summed E-state index contributed by atoms with van der Waals surface area (Å²) >= 11 is 0. The Bertz CT molecular complexity index is 1740. The minimum absolute atomic E-state index is 0.0317. The maximum absolute atomic E-state index is 13.4. The van der Waals surface area contributed by atoms with E-state index in [-0.39, 0.29) is 49.2 Å². The number of hydrazine groups is 1. The van der Waals surface area contributed by atoms with Crippen molar-refractivity contribution in [3.8, 4) is 12.3 Å². The van der Waals surface area contributed by atoms with Crippen molar-refractivity contribution in [3.63, 3.8) is 0 Å². The van der Waals surface area contributed by atoms with Crippen LogP contribution < -0.4 is 32.3 Å². The molecule has 1 aliphatic heterocycles. The van der Waals surface area contributed by atoms with E-state index in [4.69, 9.17) is 11.6 Å². The number of carbonyl (C=O) groups is 5. The van der Waals surface area contributed by atoms with Crippen molar-refractivity contribution in [2.24, 2.45) is 5.10 Å². The van der Waals surface area contributed by atoms with Gasteiger partial charge in [0, 0.05) is 44.5 Å². The molecule has 7 N–H and O–H groups in total. The van der Waals surface area contributed by atoms with Gasteiger partial charge in [0.1, 0.15) is 6.54 Å². The van der Waals surface area contributed by atoms with Crippen molar-refractivity contribution in [1.82, 2.24) is 36.9 Å². The second kappa shape index (κ2) is 24.5. The highest BCUT2D eigenvalue weighted by atomic mass is 19.4. The van der Waals surface area contributed by atoms with Crippen molar-refractivity contribution in [2.45, 2.75) is 101 Å². The lowest BCUT2D eigenvalue weighted by Crippen LogP contribution is -2.44. The van der Waals surface area contributed by atoms with Crippen LogP contribution in [0.25, 0.3) is 0 Å². The van der Waals surface area contributed by atoms with Crippen molar-refractivity contribution in [2.75, 3.05) is 39.0 Å². The normalized spacial score (nSPS) is 13.7. The molecule has 0 bridgehead atoms. The number of unbranched alkanes of at least 4 members (excludes halogenated alkanes) is 5. The molecule has 1 saturated heterocycles. The van der Waals surface area contributed by atoms with Gasteiger partial charge < -0.3 is 16.0 Å². The third-order valence-electron chi connectivity index (χ3n) is 9.59. The number of halogens is 3. The fourth-order valence-corrected chi connectivity index (χ4v) is 6.06. The minimum atomic E-state index is -4.54. The number of rotatable bonds is 26. The number of likely N-dealkylation sites (N-methyl/N-ethyl adjacent to an activating group) is 1. The number of amides is 5. The highest BCUT2D eigenvalue weighted by Gasteiger charge is 2.65. The molecule has 0 aromatic heterocycles. The van der Waals surface area contributed by atoms with Gasteiger partial charge in [0.2, 0.25) is 35.2 Å². The molecular formula is C41H56F3N9O6. The molecule has 1 aliphatic rings. The summed E-state index contributed by atoms with van der Waals surface area (Å²) in [5, 5.41) is 22.3. The predicted molar refractivity (Wildman–Crippen MR) is 216 cm³/mol. The maximum Gasteiger partial charge on any atom is 0.426 e. The van der Waals surface area contributed by atoms with E-state index in [1.165, 1.54) is 30.5 Å². The van der Waals surface area contributed by atoms with E-state index in [0.29, 0.717) is 62.9 Å². The molecule has 2 aromatic rings. The molecule has 3 rings (SSSR count). The molecule has 1 heterocycles. The van der Waals surface area contributed by atoms with Gasteiger partial charge in [-0.15, -0.1) is 12.3 Å². The summed E-state index contributed by atoms with van der Waals surface area (Å²) in [6.45, 7) is 0.415. The van der Waals surface area contributed by atoms with Gasteiger partial charge in [-0.05, 0) is 75.0 Å². The minimum Gasteiger partial charge on any atom is -0.354 e. The first-order valence-electron chi connectivity index (χ1n) is 19.7. The van der Waals surface area contributed by atoms with E-state index in [1.807, 2.05) is 43.3 Å². The van der Waals surface area contributed by atoms with Gasteiger partial charge in [0.05, 0.1) is 12.3 Å². The number of terminal acetylenes is 1. The molecule has 18 heteroatoms. The van der Waals surface area contributed by atoms with Gasteiger partial charge >= 0.3 is 6.18 Å². The fraction of sp³-hybridized carbons (Fsp3) is 0.512. The molecule has 0 spiro atoms. The Morgan fingerprint density at radius 1 is 0.847 bits per heavy atom. The summed E-state index contributed by atoms with van der Waals surface area (Å²) in [5.41, 5.74) is 5.67. The van der Waals surface area contributed by atoms with Crippen molar-refractivity contribution in [1.29, 1.82) is 0 Å². The number of hydrazone groups is 1. The molecule has 322 valence electrons. The Labute approximate surface area is 343 Å². The van der Waals surface area contributed by atoms with Gasteiger partial charge in [-0.25, -0.2) is 21.3 Å². The Hall–Kier alpha value is -5.35.